The summed E-state index contributed by atoms with van der Waals surface area (Å²) in [5, 5.41) is 5.74. The first kappa shape index (κ1) is 18.6. The van der Waals surface area contributed by atoms with E-state index in [-0.39, 0.29) is 6.03 Å². The molecule has 3 rings (SSSR count). The van der Waals surface area contributed by atoms with Crippen LogP contribution < -0.4 is 15.4 Å². The first-order valence-electron chi connectivity index (χ1n) is 8.94. The van der Waals surface area contributed by atoms with Crippen molar-refractivity contribution in [3.63, 3.8) is 0 Å². The molecule has 1 aromatic heterocycles. The summed E-state index contributed by atoms with van der Waals surface area (Å²) < 4.78 is 7.33. The Morgan fingerprint density at radius 1 is 1.07 bits per heavy atom. The third-order valence-electron chi connectivity index (χ3n) is 4.53. The Morgan fingerprint density at radius 3 is 2.74 bits per heavy atom. The second kappa shape index (κ2) is 8.45. The van der Waals surface area contributed by atoms with Crippen molar-refractivity contribution in [1.82, 2.24) is 9.88 Å². The number of aryl methyl sites for hydroxylation is 2. The van der Waals surface area contributed by atoms with Crippen LogP contribution in [-0.4, -0.2) is 17.7 Å². The molecule has 1 heterocycles. The van der Waals surface area contributed by atoms with E-state index in [1.807, 2.05) is 36.5 Å². The van der Waals surface area contributed by atoms with Gasteiger partial charge in [0, 0.05) is 30.2 Å². The van der Waals surface area contributed by atoms with E-state index in [9.17, 15) is 4.79 Å². The monoisotopic (exact) mass is 363 g/mol. The Morgan fingerprint density at radius 2 is 1.93 bits per heavy atom. The van der Waals surface area contributed by atoms with Crippen LogP contribution in [0.1, 0.15) is 22.4 Å². The number of rotatable bonds is 6. The highest BCUT2D eigenvalue weighted by molar-refractivity contribution is 5.89. The summed E-state index contributed by atoms with van der Waals surface area (Å²) in [6.07, 6.45) is 2.04. The van der Waals surface area contributed by atoms with Gasteiger partial charge in [-0.15, -0.1) is 0 Å². The van der Waals surface area contributed by atoms with Crippen molar-refractivity contribution in [1.29, 1.82) is 0 Å². The van der Waals surface area contributed by atoms with Crippen molar-refractivity contribution >= 4 is 11.7 Å². The van der Waals surface area contributed by atoms with Crippen LogP contribution in [0.3, 0.4) is 0 Å². The number of ether oxygens (including phenoxy) is 1. The summed E-state index contributed by atoms with van der Waals surface area (Å²) in [6, 6.07) is 17.5. The summed E-state index contributed by atoms with van der Waals surface area (Å²) >= 11 is 0. The van der Waals surface area contributed by atoms with Crippen LogP contribution >= 0.6 is 0 Å². The van der Waals surface area contributed by atoms with E-state index in [1.54, 1.807) is 13.2 Å². The van der Waals surface area contributed by atoms with E-state index in [1.165, 1.54) is 16.7 Å². The minimum Gasteiger partial charge on any atom is -0.497 e. The zero-order valence-corrected chi connectivity index (χ0v) is 16.0. The van der Waals surface area contributed by atoms with Gasteiger partial charge in [0.1, 0.15) is 5.75 Å². The van der Waals surface area contributed by atoms with Gasteiger partial charge in [-0.3, -0.25) is 0 Å². The van der Waals surface area contributed by atoms with Gasteiger partial charge in [-0.25, -0.2) is 4.79 Å². The standard InChI is InChI=1S/C22H25N3O2/c1-16-9-10-17(2)18(12-16)15-25-11-5-7-20(25)14-23-22(26)24-19-6-4-8-21(13-19)27-3/h4-13H,14-15H2,1-3H3,(H2,23,24,26). The number of nitrogens with zero attached hydrogens (tertiary/aromatic N) is 1. The van der Waals surface area contributed by atoms with Gasteiger partial charge in [0.2, 0.25) is 0 Å². The average molecular weight is 363 g/mol. The molecule has 0 radical (unpaired) electrons. The number of amides is 2. The number of hydrogen-bond donors (Lipinski definition) is 2. The molecule has 2 N–H and O–H groups in total. The minimum atomic E-state index is -0.247. The molecule has 140 valence electrons. The van der Waals surface area contributed by atoms with Gasteiger partial charge in [-0.05, 0) is 49.2 Å². The Labute approximate surface area is 160 Å². The molecule has 0 aliphatic rings. The predicted octanol–water partition coefficient (Wildman–Crippen LogP) is 4.48. The maximum Gasteiger partial charge on any atom is 0.319 e. The smallest absolute Gasteiger partial charge is 0.319 e. The van der Waals surface area contributed by atoms with Crippen LogP contribution in [0.5, 0.6) is 5.75 Å². The summed E-state index contributed by atoms with van der Waals surface area (Å²) in [6.45, 7) is 5.46. The van der Waals surface area contributed by atoms with E-state index < -0.39 is 0 Å². The molecule has 27 heavy (non-hydrogen) atoms. The fourth-order valence-electron chi connectivity index (χ4n) is 2.97. The molecule has 0 aliphatic heterocycles. The van der Waals surface area contributed by atoms with Gasteiger partial charge in [0.25, 0.3) is 0 Å². The van der Waals surface area contributed by atoms with Crippen LogP contribution in [0.25, 0.3) is 0 Å². The number of carbonyl (C=O) groups excluding carboxylic acids is 1. The molecule has 5 heteroatoms. The molecule has 2 amide bonds. The van der Waals surface area contributed by atoms with Gasteiger partial charge >= 0.3 is 6.03 Å². The maximum atomic E-state index is 12.2. The highest BCUT2D eigenvalue weighted by Gasteiger charge is 2.07. The van der Waals surface area contributed by atoms with Crippen molar-refractivity contribution < 1.29 is 9.53 Å². The van der Waals surface area contributed by atoms with Gasteiger partial charge in [0.05, 0.1) is 13.7 Å². The minimum absolute atomic E-state index is 0.247. The number of carbonyl (C=O) groups is 1. The highest BCUT2D eigenvalue weighted by atomic mass is 16.5. The number of hydrogen-bond acceptors (Lipinski definition) is 2. The summed E-state index contributed by atoms with van der Waals surface area (Å²) in [7, 11) is 1.60. The van der Waals surface area contributed by atoms with Gasteiger partial charge in [-0.2, -0.15) is 0 Å². The normalized spacial score (nSPS) is 10.5. The zero-order chi connectivity index (χ0) is 19.2. The maximum absolute atomic E-state index is 12.2. The fourth-order valence-corrected chi connectivity index (χ4v) is 2.97. The molecule has 0 aliphatic carbocycles. The molecule has 5 nitrogen and oxygen atoms in total. The Balaban J connectivity index is 1.61. The molecule has 2 aromatic carbocycles. The Hall–Kier alpha value is -3.21. The first-order chi connectivity index (χ1) is 13.0. The lowest BCUT2D eigenvalue weighted by molar-refractivity contribution is 0.251. The van der Waals surface area contributed by atoms with Crippen LogP contribution in [0, 0.1) is 13.8 Å². The van der Waals surface area contributed by atoms with Crippen LogP contribution in [0.4, 0.5) is 10.5 Å². The second-order valence-electron chi connectivity index (χ2n) is 6.60. The molecular weight excluding hydrogens is 338 g/mol. The molecule has 0 saturated heterocycles. The topological polar surface area (TPSA) is 55.3 Å². The third-order valence-corrected chi connectivity index (χ3v) is 4.53. The number of anilines is 1. The van der Waals surface area contributed by atoms with E-state index in [0.717, 1.165) is 12.2 Å². The third kappa shape index (κ3) is 4.91. The van der Waals surface area contributed by atoms with Crippen molar-refractivity contribution in [2.75, 3.05) is 12.4 Å². The lowest BCUT2D eigenvalue weighted by Gasteiger charge is -2.13. The SMILES string of the molecule is COc1cccc(NC(=O)NCc2cccn2Cc2cc(C)ccc2C)c1. The van der Waals surface area contributed by atoms with E-state index in [4.69, 9.17) is 4.74 Å². The highest BCUT2D eigenvalue weighted by Crippen LogP contribution is 2.17. The fraction of sp³-hybridized carbons (Fsp3) is 0.227. The Kier molecular flexibility index (Phi) is 5.81. The number of aromatic nitrogens is 1. The molecule has 0 saturated carbocycles. The molecule has 0 atom stereocenters. The molecule has 0 bridgehead atoms. The van der Waals surface area contributed by atoms with E-state index in [2.05, 4.69) is 47.2 Å². The average Bonchev–Trinajstić information content (AvgIpc) is 3.10. The molecule has 0 fully saturated rings. The largest absolute Gasteiger partial charge is 0.497 e. The summed E-state index contributed by atoms with van der Waals surface area (Å²) in [5.41, 5.74) is 5.55. The Bertz CT molecular complexity index is 931. The van der Waals surface area contributed by atoms with Gasteiger partial charge < -0.3 is 19.9 Å². The van der Waals surface area contributed by atoms with Gasteiger partial charge in [-0.1, -0.05) is 29.8 Å². The number of benzene rings is 2. The zero-order valence-electron chi connectivity index (χ0n) is 16.0. The summed E-state index contributed by atoms with van der Waals surface area (Å²) in [5.74, 6) is 0.704. The molecule has 3 aromatic rings. The molecular formula is C22H25N3O2. The van der Waals surface area contributed by atoms with Crippen LogP contribution in [0.2, 0.25) is 0 Å². The lowest BCUT2D eigenvalue weighted by atomic mass is 10.1. The van der Waals surface area contributed by atoms with Crippen molar-refractivity contribution in [2.45, 2.75) is 26.9 Å². The molecule has 0 spiro atoms. The predicted molar refractivity (Wildman–Crippen MR) is 108 cm³/mol. The lowest BCUT2D eigenvalue weighted by Crippen LogP contribution is -2.29. The first-order valence-corrected chi connectivity index (χ1v) is 8.94. The van der Waals surface area contributed by atoms with Crippen molar-refractivity contribution in [2.24, 2.45) is 0 Å². The number of urea groups is 1. The van der Waals surface area contributed by atoms with E-state index in [0.29, 0.717) is 18.0 Å². The molecule has 0 unspecified atom stereocenters. The number of nitrogens with one attached hydrogen (secondary N) is 2. The van der Waals surface area contributed by atoms with E-state index >= 15 is 0 Å². The van der Waals surface area contributed by atoms with Crippen LogP contribution in [0.15, 0.2) is 60.8 Å². The van der Waals surface area contributed by atoms with Crippen LogP contribution in [-0.2, 0) is 13.1 Å². The van der Waals surface area contributed by atoms with Gasteiger partial charge in [0.15, 0.2) is 0 Å². The van der Waals surface area contributed by atoms with Crippen molar-refractivity contribution in [3.05, 3.63) is 83.2 Å². The number of methoxy groups -OCH3 is 1. The quantitative estimate of drug-likeness (QED) is 0.678. The van der Waals surface area contributed by atoms with Crippen molar-refractivity contribution in [3.8, 4) is 5.75 Å². The second-order valence-corrected chi connectivity index (χ2v) is 6.60. The summed E-state index contributed by atoms with van der Waals surface area (Å²) in [4.78, 5) is 12.2.